The van der Waals surface area contributed by atoms with E-state index in [-0.39, 0.29) is 17.3 Å². The molecule has 0 aliphatic heterocycles. The van der Waals surface area contributed by atoms with Gasteiger partial charge >= 0.3 is 6.18 Å². The van der Waals surface area contributed by atoms with Crippen LogP contribution in [0.1, 0.15) is 30.9 Å². The van der Waals surface area contributed by atoms with Crippen LogP contribution in [0.5, 0.6) is 0 Å². The van der Waals surface area contributed by atoms with E-state index in [0.717, 1.165) is 6.07 Å². The van der Waals surface area contributed by atoms with Crippen LogP contribution in [0.25, 0.3) is 0 Å². The number of hydrogen-bond acceptors (Lipinski definition) is 1. The molecule has 0 radical (unpaired) electrons. The third kappa shape index (κ3) is 2.00. The van der Waals surface area contributed by atoms with Crippen molar-refractivity contribution in [2.75, 3.05) is 6.54 Å². The van der Waals surface area contributed by atoms with E-state index in [9.17, 15) is 17.6 Å². The summed E-state index contributed by atoms with van der Waals surface area (Å²) in [6.45, 7) is 4.32. The van der Waals surface area contributed by atoms with Gasteiger partial charge in [0.1, 0.15) is 5.82 Å². The molecule has 2 rings (SSSR count). The first-order valence-corrected chi connectivity index (χ1v) is 5.76. The molecule has 0 heterocycles. The number of hydrogen-bond donors (Lipinski definition) is 1. The fourth-order valence-electron chi connectivity index (χ4n) is 2.76. The summed E-state index contributed by atoms with van der Waals surface area (Å²) in [6.07, 6.45) is -4.51. The predicted octanol–water partition coefficient (Wildman–Crippen LogP) is 3.54. The van der Waals surface area contributed by atoms with Crippen molar-refractivity contribution in [3.8, 4) is 0 Å². The van der Waals surface area contributed by atoms with Gasteiger partial charge in [0.15, 0.2) is 0 Å². The van der Waals surface area contributed by atoms with Crippen LogP contribution in [0.15, 0.2) is 18.2 Å². The average molecular weight is 261 g/mol. The zero-order valence-electron chi connectivity index (χ0n) is 10.2. The van der Waals surface area contributed by atoms with Crippen molar-refractivity contribution in [1.82, 2.24) is 0 Å². The van der Waals surface area contributed by atoms with Gasteiger partial charge in [0, 0.05) is 0 Å². The standard InChI is InChI=1S/C13H15F4N/c1-12(2)9(6-18)11(12)8-4-3-7(5-10(8)14)13(15,16)17/h3-5,9,11H,6,18H2,1-2H3. The van der Waals surface area contributed by atoms with E-state index in [0.29, 0.717) is 18.2 Å². The van der Waals surface area contributed by atoms with Crippen LogP contribution < -0.4 is 5.73 Å². The summed E-state index contributed by atoms with van der Waals surface area (Å²) in [5.41, 5.74) is 4.82. The van der Waals surface area contributed by atoms with E-state index < -0.39 is 17.6 Å². The van der Waals surface area contributed by atoms with Crippen molar-refractivity contribution in [2.45, 2.75) is 25.9 Å². The topological polar surface area (TPSA) is 26.0 Å². The van der Waals surface area contributed by atoms with Gasteiger partial charge in [0.2, 0.25) is 0 Å². The number of nitrogens with two attached hydrogens (primary N) is 1. The third-order valence-electron chi connectivity index (χ3n) is 3.97. The number of alkyl halides is 3. The van der Waals surface area contributed by atoms with Gasteiger partial charge in [-0.25, -0.2) is 4.39 Å². The van der Waals surface area contributed by atoms with Crippen LogP contribution in [0.4, 0.5) is 17.6 Å². The highest BCUT2D eigenvalue weighted by Gasteiger charge is 2.58. The molecule has 5 heteroatoms. The van der Waals surface area contributed by atoms with E-state index in [1.54, 1.807) is 0 Å². The molecule has 1 nitrogen and oxygen atoms in total. The minimum Gasteiger partial charge on any atom is -0.330 e. The molecular formula is C13H15F4N. The fraction of sp³-hybridized carbons (Fsp3) is 0.538. The van der Waals surface area contributed by atoms with Crippen molar-refractivity contribution in [3.63, 3.8) is 0 Å². The first kappa shape index (κ1) is 13.3. The van der Waals surface area contributed by atoms with Crippen LogP contribution in [0.3, 0.4) is 0 Å². The number of halogens is 4. The lowest BCUT2D eigenvalue weighted by atomic mass is 10.0. The van der Waals surface area contributed by atoms with Gasteiger partial charge in [-0.15, -0.1) is 0 Å². The molecule has 0 amide bonds. The molecule has 2 unspecified atom stereocenters. The Hall–Kier alpha value is -1.10. The Morgan fingerprint density at radius 3 is 2.28 bits per heavy atom. The van der Waals surface area contributed by atoms with Crippen molar-refractivity contribution < 1.29 is 17.6 Å². The van der Waals surface area contributed by atoms with E-state index in [1.807, 2.05) is 13.8 Å². The Morgan fingerprint density at radius 1 is 1.28 bits per heavy atom. The smallest absolute Gasteiger partial charge is 0.330 e. The summed E-state index contributed by atoms with van der Waals surface area (Å²) in [5, 5.41) is 0. The monoisotopic (exact) mass is 261 g/mol. The molecule has 0 saturated heterocycles. The van der Waals surface area contributed by atoms with Crippen LogP contribution in [-0.4, -0.2) is 6.54 Å². The van der Waals surface area contributed by atoms with Gasteiger partial charge in [-0.3, -0.25) is 0 Å². The highest BCUT2D eigenvalue weighted by molar-refractivity contribution is 5.36. The molecule has 0 aromatic heterocycles. The van der Waals surface area contributed by atoms with Crippen LogP contribution in [0, 0.1) is 17.2 Å². The number of rotatable bonds is 2. The molecule has 2 N–H and O–H groups in total. The predicted molar refractivity (Wildman–Crippen MR) is 60.5 cm³/mol. The van der Waals surface area contributed by atoms with Gasteiger partial charge in [-0.05, 0) is 41.5 Å². The normalized spacial score (nSPS) is 26.2. The average Bonchev–Trinajstić information content (AvgIpc) is 2.78. The maximum atomic E-state index is 13.8. The van der Waals surface area contributed by atoms with Gasteiger partial charge in [-0.2, -0.15) is 13.2 Å². The first-order valence-electron chi connectivity index (χ1n) is 5.76. The van der Waals surface area contributed by atoms with Gasteiger partial charge in [0.05, 0.1) is 5.56 Å². The lowest BCUT2D eigenvalue weighted by Crippen LogP contribution is -2.07. The quantitative estimate of drug-likeness (QED) is 0.809. The minimum absolute atomic E-state index is 0.0928. The second-order valence-corrected chi connectivity index (χ2v) is 5.38. The summed E-state index contributed by atoms with van der Waals surface area (Å²) < 4.78 is 51.1. The van der Waals surface area contributed by atoms with E-state index in [4.69, 9.17) is 5.73 Å². The van der Waals surface area contributed by atoms with Crippen LogP contribution >= 0.6 is 0 Å². The Labute approximate surface area is 103 Å². The second kappa shape index (κ2) is 3.95. The second-order valence-electron chi connectivity index (χ2n) is 5.38. The summed E-state index contributed by atoms with van der Waals surface area (Å²) in [6, 6.07) is 2.73. The van der Waals surface area contributed by atoms with Crippen molar-refractivity contribution >= 4 is 0 Å². The van der Waals surface area contributed by atoms with E-state index in [1.165, 1.54) is 6.07 Å². The molecule has 2 atom stereocenters. The number of benzene rings is 1. The summed E-state index contributed by atoms with van der Waals surface area (Å²) in [7, 11) is 0. The molecule has 1 saturated carbocycles. The third-order valence-corrected chi connectivity index (χ3v) is 3.97. The Kier molecular flexibility index (Phi) is 2.93. The highest BCUT2D eigenvalue weighted by Crippen LogP contribution is 2.64. The summed E-state index contributed by atoms with van der Waals surface area (Å²) in [5.74, 6) is -0.757. The molecule has 18 heavy (non-hydrogen) atoms. The Bertz CT molecular complexity index is 465. The summed E-state index contributed by atoms with van der Waals surface area (Å²) >= 11 is 0. The fourth-order valence-corrected chi connectivity index (χ4v) is 2.76. The first-order chi connectivity index (χ1) is 8.19. The Balaban J connectivity index is 2.33. The molecule has 100 valence electrons. The molecule has 1 fully saturated rings. The lowest BCUT2D eigenvalue weighted by molar-refractivity contribution is -0.137. The van der Waals surface area contributed by atoms with Crippen LogP contribution in [0.2, 0.25) is 0 Å². The van der Waals surface area contributed by atoms with Gasteiger partial charge in [0.25, 0.3) is 0 Å². The largest absolute Gasteiger partial charge is 0.416 e. The zero-order chi connectivity index (χ0) is 13.7. The maximum Gasteiger partial charge on any atom is 0.416 e. The molecule has 1 aliphatic rings. The minimum atomic E-state index is -4.51. The summed E-state index contributed by atoms with van der Waals surface area (Å²) in [4.78, 5) is 0. The molecule has 1 aliphatic carbocycles. The molecule has 0 bridgehead atoms. The van der Waals surface area contributed by atoms with E-state index in [2.05, 4.69) is 0 Å². The zero-order valence-corrected chi connectivity index (χ0v) is 10.2. The molecule has 0 spiro atoms. The van der Waals surface area contributed by atoms with E-state index >= 15 is 0 Å². The SMILES string of the molecule is CC1(C)C(CN)C1c1ccc(C(F)(F)F)cc1F. The van der Waals surface area contributed by atoms with Gasteiger partial charge < -0.3 is 5.73 Å². The van der Waals surface area contributed by atoms with Crippen LogP contribution in [-0.2, 0) is 6.18 Å². The molecular weight excluding hydrogens is 246 g/mol. The van der Waals surface area contributed by atoms with Gasteiger partial charge in [-0.1, -0.05) is 19.9 Å². The van der Waals surface area contributed by atoms with Crippen molar-refractivity contribution in [2.24, 2.45) is 17.1 Å². The van der Waals surface area contributed by atoms with Crippen molar-refractivity contribution in [3.05, 3.63) is 35.1 Å². The molecule has 1 aromatic carbocycles. The Morgan fingerprint density at radius 2 is 1.89 bits per heavy atom. The molecule has 1 aromatic rings. The maximum absolute atomic E-state index is 13.8. The van der Waals surface area contributed by atoms with Crippen molar-refractivity contribution in [1.29, 1.82) is 0 Å². The lowest BCUT2D eigenvalue weighted by Gasteiger charge is -2.10. The highest BCUT2D eigenvalue weighted by atomic mass is 19.4.